The van der Waals surface area contributed by atoms with E-state index in [0.29, 0.717) is 11.4 Å². The van der Waals surface area contributed by atoms with Crippen LogP contribution >= 0.6 is 11.6 Å². The number of benzene rings is 1. The highest BCUT2D eigenvalue weighted by atomic mass is 35.5. The van der Waals surface area contributed by atoms with Crippen LogP contribution in [0.4, 0.5) is 0 Å². The average molecular weight is 376 g/mol. The maximum Gasteiger partial charge on any atom is 0.313 e. The first-order chi connectivity index (χ1) is 11.1. The van der Waals surface area contributed by atoms with E-state index in [0.717, 1.165) is 9.87 Å². The molecule has 0 aromatic heterocycles. The molecule has 2 rings (SSSR count). The second kappa shape index (κ2) is 7.00. The number of aliphatic carboxylic acids is 1. The summed E-state index contributed by atoms with van der Waals surface area (Å²) < 4.78 is 26.9. The van der Waals surface area contributed by atoms with Gasteiger partial charge >= 0.3 is 5.97 Å². The van der Waals surface area contributed by atoms with Gasteiger partial charge in [-0.15, -0.1) is 0 Å². The molecule has 1 aliphatic heterocycles. The monoisotopic (exact) mass is 375 g/mol. The zero-order valence-electron chi connectivity index (χ0n) is 13.7. The molecule has 0 spiro atoms. The molecule has 0 bridgehead atoms. The molecule has 1 aliphatic rings. The molecule has 6 nitrogen and oxygen atoms in total. The lowest BCUT2D eigenvalue weighted by atomic mass is 9.74. The molecule has 8 heteroatoms. The molecule has 2 atom stereocenters. The minimum atomic E-state index is -3.87. The number of nitrogens with zero attached hydrogens (tertiary/aromatic N) is 1. The Hall–Kier alpha value is -1.15. The first-order valence-corrected chi connectivity index (χ1v) is 9.64. The third-order valence-corrected chi connectivity index (χ3v) is 6.90. The van der Waals surface area contributed by atoms with Gasteiger partial charge in [0.1, 0.15) is 5.41 Å². The topological polar surface area (TPSA) is 94.9 Å². The summed E-state index contributed by atoms with van der Waals surface area (Å²) >= 11 is 6.02. The summed E-state index contributed by atoms with van der Waals surface area (Å²) in [7, 11) is -3.87. The fourth-order valence-electron chi connectivity index (χ4n) is 3.14. The highest BCUT2D eigenvalue weighted by Gasteiger charge is 2.50. The van der Waals surface area contributed by atoms with Gasteiger partial charge in [0.2, 0.25) is 10.0 Å². The maximum absolute atomic E-state index is 12.9. The number of halogens is 1. The summed E-state index contributed by atoms with van der Waals surface area (Å²) in [5.74, 6) is -1.17. The lowest BCUT2D eigenvalue weighted by Gasteiger charge is -2.42. The molecular weight excluding hydrogens is 354 g/mol. The maximum atomic E-state index is 12.9. The molecule has 134 valence electrons. The van der Waals surface area contributed by atoms with Gasteiger partial charge in [0.25, 0.3) is 0 Å². The van der Waals surface area contributed by atoms with Crippen LogP contribution in [0.2, 0.25) is 5.02 Å². The summed E-state index contributed by atoms with van der Waals surface area (Å²) in [4.78, 5) is 11.8. The van der Waals surface area contributed by atoms with E-state index in [9.17, 15) is 23.4 Å². The van der Waals surface area contributed by atoms with Crippen molar-refractivity contribution in [3.8, 4) is 0 Å². The number of piperidine rings is 1. The lowest BCUT2D eigenvalue weighted by Crippen LogP contribution is -2.57. The first kappa shape index (κ1) is 19.2. The van der Waals surface area contributed by atoms with E-state index in [1.54, 1.807) is 13.0 Å². The predicted octanol–water partition coefficient (Wildman–Crippen LogP) is 2.27. The smallest absolute Gasteiger partial charge is 0.313 e. The van der Waals surface area contributed by atoms with E-state index in [-0.39, 0.29) is 30.8 Å². The van der Waals surface area contributed by atoms with Crippen LogP contribution in [-0.4, -0.2) is 48.1 Å². The van der Waals surface area contributed by atoms with Gasteiger partial charge in [-0.3, -0.25) is 4.79 Å². The fraction of sp³-hybridized carbons (Fsp3) is 0.562. The Balaban J connectivity index is 2.40. The number of hydrogen-bond acceptors (Lipinski definition) is 4. The van der Waals surface area contributed by atoms with Crippen LogP contribution in [0, 0.1) is 12.3 Å². The Morgan fingerprint density at radius 3 is 2.67 bits per heavy atom. The van der Waals surface area contributed by atoms with Crippen LogP contribution in [-0.2, 0) is 14.8 Å². The van der Waals surface area contributed by atoms with E-state index in [1.807, 2.05) is 6.92 Å². The normalized spacial score (nSPS) is 25.6. The number of hydrogen-bond donors (Lipinski definition) is 2. The number of aliphatic hydroxyl groups excluding tert-OH is 1. The molecule has 0 amide bonds. The number of rotatable bonds is 5. The van der Waals surface area contributed by atoms with Crippen molar-refractivity contribution in [2.75, 3.05) is 13.1 Å². The number of carbonyl (C=O) groups is 1. The van der Waals surface area contributed by atoms with Crippen molar-refractivity contribution in [2.24, 2.45) is 5.41 Å². The molecule has 2 N–H and O–H groups in total. The minimum Gasteiger partial charge on any atom is -0.481 e. The molecule has 1 aromatic rings. The lowest BCUT2D eigenvalue weighted by molar-refractivity contribution is -0.161. The zero-order valence-corrected chi connectivity index (χ0v) is 15.3. The molecule has 1 fully saturated rings. The van der Waals surface area contributed by atoms with Crippen LogP contribution in [0.3, 0.4) is 0 Å². The van der Waals surface area contributed by atoms with Gasteiger partial charge in [-0.1, -0.05) is 31.0 Å². The Labute approximate surface area is 147 Å². The van der Waals surface area contributed by atoms with Crippen LogP contribution in [0.15, 0.2) is 23.1 Å². The van der Waals surface area contributed by atoms with Crippen molar-refractivity contribution in [1.29, 1.82) is 0 Å². The summed E-state index contributed by atoms with van der Waals surface area (Å²) in [5, 5.41) is 20.2. The Kier molecular flexibility index (Phi) is 5.59. The van der Waals surface area contributed by atoms with E-state index in [2.05, 4.69) is 0 Å². The van der Waals surface area contributed by atoms with Gasteiger partial charge in [-0.25, -0.2) is 8.42 Å². The molecule has 1 heterocycles. The van der Waals surface area contributed by atoms with Crippen LogP contribution < -0.4 is 0 Å². The minimum absolute atomic E-state index is 0.0327. The quantitative estimate of drug-likeness (QED) is 0.823. The molecule has 0 radical (unpaired) electrons. The fourth-order valence-corrected chi connectivity index (χ4v) is 4.94. The van der Waals surface area contributed by atoms with Gasteiger partial charge in [0, 0.05) is 18.1 Å². The molecule has 1 aromatic carbocycles. The van der Waals surface area contributed by atoms with Gasteiger partial charge < -0.3 is 10.2 Å². The zero-order chi connectivity index (χ0) is 18.1. The standard InChI is InChI=1S/C16H22ClNO5S/c1-3-7-16(15(20)21)10-18(8-6-14(16)19)24(22,23)12-5-4-11(2)13(17)9-12/h4-5,9,14,19H,3,6-8,10H2,1-2H3,(H,20,21)/t14-,16-/m0/s1. The summed E-state index contributed by atoms with van der Waals surface area (Å²) in [6.45, 7) is 3.41. The highest BCUT2D eigenvalue weighted by Crippen LogP contribution is 2.37. The van der Waals surface area contributed by atoms with Crippen LogP contribution in [0.1, 0.15) is 31.7 Å². The number of sulfonamides is 1. The van der Waals surface area contributed by atoms with Crippen molar-refractivity contribution in [2.45, 2.75) is 44.1 Å². The van der Waals surface area contributed by atoms with Crippen molar-refractivity contribution in [3.05, 3.63) is 28.8 Å². The molecule has 0 saturated carbocycles. The number of aryl methyl sites for hydroxylation is 1. The Morgan fingerprint density at radius 2 is 2.12 bits per heavy atom. The van der Waals surface area contributed by atoms with Crippen molar-refractivity contribution >= 4 is 27.6 Å². The van der Waals surface area contributed by atoms with Gasteiger partial charge in [-0.2, -0.15) is 4.31 Å². The number of carboxylic acid groups (broad SMARTS) is 1. The number of carboxylic acids is 1. The van der Waals surface area contributed by atoms with Crippen LogP contribution in [0.5, 0.6) is 0 Å². The molecule has 0 aliphatic carbocycles. The van der Waals surface area contributed by atoms with E-state index >= 15 is 0 Å². The predicted molar refractivity (Wildman–Crippen MR) is 90.5 cm³/mol. The Morgan fingerprint density at radius 1 is 1.46 bits per heavy atom. The number of aliphatic hydroxyl groups is 1. The average Bonchev–Trinajstić information content (AvgIpc) is 2.51. The van der Waals surface area contributed by atoms with E-state index < -0.39 is 27.5 Å². The second-order valence-corrected chi connectivity index (χ2v) is 8.61. The van der Waals surface area contributed by atoms with Crippen molar-refractivity contribution in [1.82, 2.24) is 4.31 Å². The van der Waals surface area contributed by atoms with Crippen LogP contribution in [0.25, 0.3) is 0 Å². The summed E-state index contributed by atoms with van der Waals surface area (Å²) in [6, 6.07) is 4.45. The summed E-state index contributed by atoms with van der Waals surface area (Å²) in [6.07, 6.45) is -0.230. The Bertz CT molecular complexity index is 736. The summed E-state index contributed by atoms with van der Waals surface area (Å²) in [5.41, 5.74) is -0.718. The third kappa shape index (κ3) is 3.31. The first-order valence-electron chi connectivity index (χ1n) is 7.83. The van der Waals surface area contributed by atoms with Crippen molar-refractivity contribution < 1.29 is 23.4 Å². The molecule has 24 heavy (non-hydrogen) atoms. The molecular formula is C16H22ClNO5S. The van der Waals surface area contributed by atoms with Crippen molar-refractivity contribution in [3.63, 3.8) is 0 Å². The van der Waals surface area contributed by atoms with Gasteiger partial charge in [0.15, 0.2) is 0 Å². The van der Waals surface area contributed by atoms with Gasteiger partial charge in [-0.05, 0) is 37.5 Å². The largest absolute Gasteiger partial charge is 0.481 e. The van der Waals surface area contributed by atoms with E-state index in [4.69, 9.17) is 11.6 Å². The second-order valence-electron chi connectivity index (χ2n) is 6.27. The van der Waals surface area contributed by atoms with Gasteiger partial charge in [0.05, 0.1) is 11.0 Å². The highest BCUT2D eigenvalue weighted by molar-refractivity contribution is 7.89. The molecule has 0 unspecified atom stereocenters. The third-order valence-electron chi connectivity index (χ3n) is 4.65. The SMILES string of the molecule is CCC[C@]1(C(=O)O)CN(S(=O)(=O)c2ccc(C)c(Cl)c2)CC[C@@H]1O. The molecule has 1 saturated heterocycles. The van der Waals surface area contributed by atoms with E-state index in [1.165, 1.54) is 12.1 Å².